The Morgan fingerprint density at radius 3 is 2.67 bits per heavy atom. The maximum atomic E-state index is 11.4. The van der Waals surface area contributed by atoms with Crippen LogP contribution >= 0.6 is 0 Å². The molecule has 0 spiro atoms. The minimum Gasteiger partial charge on any atom is -0.492 e. The predicted molar refractivity (Wildman–Crippen MR) is 77.5 cm³/mol. The third-order valence-electron chi connectivity index (χ3n) is 2.35. The van der Waals surface area contributed by atoms with E-state index in [4.69, 9.17) is 26.3 Å². The molecule has 0 aromatic carbocycles. The summed E-state index contributed by atoms with van der Waals surface area (Å²) in [5.41, 5.74) is 3.21. The SMILES string of the molecule is [B]C([B])(C)Oc1ccc(-c2cncc(C(=O)NN)n2)cn1. The van der Waals surface area contributed by atoms with Gasteiger partial charge in [-0.15, -0.1) is 0 Å². The van der Waals surface area contributed by atoms with Crippen LogP contribution in [0.2, 0.25) is 0 Å². The van der Waals surface area contributed by atoms with Gasteiger partial charge in [0.1, 0.15) is 21.4 Å². The Balaban J connectivity index is 2.25. The van der Waals surface area contributed by atoms with Crippen LogP contribution in [0.5, 0.6) is 5.88 Å². The molecule has 102 valence electrons. The summed E-state index contributed by atoms with van der Waals surface area (Å²) in [6, 6.07) is 3.28. The third-order valence-corrected chi connectivity index (χ3v) is 2.35. The fraction of sp³-hybridized carbons (Fsp3) is 0.167. The van der Waals surface area contributed by atoms with Crippen molar-refractivity contribution in [1.82, 2.24) is 20.4 Å². The van der Waals surface area contributed by atoms with E-state index in [0.717, 1.165) is 0 Å². The first-order valence-electron chi connectivity index (χ1n) is 5.95. The first-order valence-corrected chi connectivity index (χ1v) is 5.95. The zero-order valence-electron chi connectivity index (χ0n) is 11.3. The van der Waals surface area contributed by atoms with E-state index in [1.165, 1.54) is 25.5 Å². The van der Waals surface area contributed by atoms with Crippen molar-refractivity contribution in [1.29, 1.82) is 0 Å². The molecule has 4 radical (unpaired) electrons. The number of aromatic nitrogens is 3. The summed E-state index contributed by atoms with van der Waals surface area (Å²) in [6.07, 6.45) is 4.32. The lowest BCUT2D eigenvalue weighted by atomic mass is 9.67. The van der Waals surface area contributed by atoms with Crippen LogP contribution in [-0.4, -0.2) is 42.0 Å². The number of pyridine rings is 1. The van der Waals surface area contributed by atoms with Crippen LogP contribution in [0.4, 0.5) is 0 Å². The molecule has 2 heterocycles. The van der Waals surface area contributed by atoms with Crippen molar-refractivity contribution in [3.63, 3.8) is 0 Å². The molecular weight excluding hydrogens is 268 g/mol. The van der Waals surface area contributed by atoms with Gasteiger partial charge in [0.25, 0.3) is 5.91 Å². The number of nitrogens with two attached hydrogens (primary N) is 1. The fourth-order valence-corrected chi connectivity index (χ4v) is 1.51. The molecule has 0 atom stereocenters. The normalized spacial score (nSPS) is 11.0. The molecule has 0 bridgehead atoms. The summed E-state index contributed by atoms with van der Waals surface area (Å²) in [6.45, 7) is 1.50. The molecule has 0 unspecified atom stereocenters. The summed E-state index contributed by atoms with van der Waals surface area (Å²) in [5, 5.41) is -1.31. The number of amides is 1. The van der Waals surface area contributed by atoms with Crippen molar-refractivity contribution in [2.75, 3.05) is 0 Å². The molecular formula is C12H11B2N5O2. The molecule has 0 saturated carbocycles. The van der Waals surface area contributed by atoms with Crippen LogP contribution in [0.15, 0.2) is 30.7 Å². The fourth-order valence-electron chi connectivity index (χ4n) is 1.51. The Hall–Kier alpha value is -2.41. The van der Waals surface area contributed by atoms with Crippen LogP contribution < -0.4 is 16.0 Å². The Bertz CT molecular complexity index is 643. The van der Waals surface area contributed by atoms with Gasteiger partial charge in [0.2, 0.25) is 5.88 Å². The van der Waals surface area contributed by atoms with E-state index in [1.54, 1.807) is 12.1 Å². The number of hydrogen-bond acceptors (Lipinski definition) is 6. The molecule has 7 nitrogen and oxygen atoms in total. The van der Waals surface area contributed by atoms with Gasteiger partial charge in [-0.25, -0.2) is 15.8 Å². The van der Waals surface area contributed by atoms with Gasteiger partial charge in [0.15, 0.2) is 0 Å². The minimum absolute atomic E-state index is 0.104. The van der Waals surface area contributed by atoms with Gasteiger partial charge in [-0.05, 0) is 13.0 Å². The topological polar surface area (TPSA) is 103 Å². The van der Waals surface area contributed by atoms with Crippen LogP contribution in [0.1, 0.15) is 17.4 Å². The van der Waals surface area contributed by atoms with Crippen LogP contribution in [0, 0.1) is 0 Å². The monoisotopic (exact) mass is 279 g/mol. The summed E-state index contributed by atoms with van der Waals surface area (Å²) in [7, 11) is 11.0. The maximum absolute atomic E-state index is 11.4. The smallest absolute Gasteiger partial charge is 0.285 e. The van der Waals surface area contributed by atoms with Crippen LogP contribution in [0.25, 0.3) is 11.3 Å². The van der Waals surface area contributed by atoms with E-state index in [-0.39, 0.29) is 11.6 Å². The molecule has 9 heteroatoms. The van der Waals surface area contributed by atoms with E-state index in [9.17, 15) is 4.79 Å². The molecule has 0 fully saturated rings. The van der Waals surface area contributed by atoms with Crippen LogP contribution in [0.3, 0.4) is 0 Å². The number of rotatable bonds is 4. The lowest BCUT2D eigenvalue weighted by molar-refractivity contribution is 0.0948. The van der Waals surface area contributed by atoms with E-state index in [1.807, 2.05) is 5.43 Å². The Kier molecular flexibility index (Phi) is 4.23. The molecule has 0 aliphatic heterocycles. The van der Waals surface area contributed by atoms with E-state index in [0.29, 0.717) is 11.3 Å². The number of ether oxygens (including phenoxy) is 1. The number of nitrogens with one attached hydrogen (secondary N) is 1. The number of nitrogen functional groups attached to an aromatic ring is 1. The molecule has 0 saturated heterocycles. The van der Waals surface area contributed by atoms with Gasteiger partial charge >= 0.3 is 0 Å². The second-order valence-electron chi connectivity index (χ2n) is 4.43. The van der Waals surface area contributed by atoms with Crippen molar-refractivity contribution in [3.05, 3.63) is 36.4 Å². The predicted octanol–water partition coefficient (Wildman–Crippen LogP) is -0.468. The third kappa shape index (κ3) is 4.03. The Labute approximate surface area is 124 Å². The second-order valence-corrected chi connectivity index (χ2v) is 4.43. The molecule has 1 amide bonds. The van der Waals surface area contributed by atoms with Crippen molar-refractivity contribution >= 4 is 21.6 Å². The van der Waals surface area contributed by atoms with Gasteiger partial charge < -0.3 is 4.74 Å². The van der Waals surface area contributed by atoms with E-state index in [2.05, 4.69) is 15.0 Å². The van der Waals surface area contributed by atoms with Crippen molar-refractivity contribution in [2.45, 2.75) is 12.3 Å². The average molecular weight is 279 g/mol. The van der Waals surface area contributed by atoms with E-state index < -0.39 is 11.3 Å². The second kappa shape index (κ2) is 5.92. The summed E-state index contributed by atoms with van der Waals surface area (Å²) in [5.74, 6) is 4.80. The van der Waals surface area contributed by atoms with Gasteiger partial charge in [-0.2, -0.15) is 0 Å². The zero-order valence-corrected chi connectivity index (χ0v) is 11.3. The molecule has 0 aliphatic carbocycles. The van der Waals surface area contributed by atoms with E-state index >= 15 is 0 Å². The molecule has 2 aromatic heterocycles. The summed E-state index contributed by atoms with van der Waals surface area (Å²) < 4.78 is 5.20. The number of carbonyl (C=O) groups is 1. The number of hydrazine groups is 1. The lowest BCUT2D eigenvalue weighted by Gasteiger charge is -2.21. The number of carbonyl (C=O) groups excluding carboxylic acids is 1. The highest BCUT2D eigenvalue weighted by Gasteiger charge is 2.12. The molecule has 2 aromatic rings. The van der Waals surface area contributed by atoms with Gasteiger partial charge in [0, 0.05) is 23.2 Å². The minimum atomic E-state index is -1.31. The largest absolute Gasteiger partial charge is 0.492 e. The first-order chi connectivity index (χ1) is 9.89. The molecule has 0 aliphatic rings. The Morgan fingerprint density at radius 2 is 2.10 bits per heavy atom. The highest BCUT2D eigenvalue weighted by atomic mass is 16.5. The molecule has 2 rings (SSSR count). The maximum Gasteiger partial charge on any atom is 0.285 e. The van der Waals surface area contributed by atoms with Crippen molar-refractivity contribution < 1.29 is 9.53 Å². The Morgan fingerprint density at radius 1 is 1.33 bits per heavy atom. The van der Waals surface area contributed by atoms with Crippen LogP contribution in [-0.2, 0) is 0 Å². The van der Waals surface area contributed by atoms with Gasteiger partial charge in [-0.3, -0.25) is 15.2 Å². The lowest BCUT2D eigenvalue weighted by Crippen LogP contribution is -2.33. The van der Waals surface area contributed by atoms with Crippen molar-refractivity contribution in [2.24, 2.45) is 5.84 Å². The van der Waals surface area contributed by atoms with Crippen molar-refractivity contribution in [3.8, 4) is 17.1 Å². The summed E-state index contributed by atoms with van der Waals surface area (Å²) in [4.78, 5) is 23.5. The zero-order chi connectivity index (χ0) is 15.5. The standard InChI is InChI=1S/C12H11B2N5O2/c1-12(13,14)21-10-3-2-7(4-17-10)8-5-16-6-9(18-8)11(20)19-15/h2-6H,15H2,1H3,(H,19,20). The number of hydrogen-bond donors (Lipinski definition) is 2. The molecule has 21 heavy (non-hydrogen) atoms. The average Bonchev–Trinajstić information content (AvgIpc) is 2.45. The van der Waals surface area contributed by atoms with Gasteiger partial charge in [0.05, 0.1) is 18.1 Å². The molecule has 3 N–H and O–H groups in total. The first kappa shape index (κ1) is 15.0. The highest BCUT2D eigenvalue weighted by Crippen LogP contribution is 2.19. The highest BCUT2D eigenvalue weighted by molar-refractivity contribution is 6.38. The summed E-state index contributed by atoms with van der Waals surface area (Å²) >= 11 is 0. The quantitative estimate of drug-likeness (QED) is 0.339. The number of nitrogens with zero attached hydrogens (tertiary/aromatic N) is 3. The van der Waals surface area contributed by atoms with Gasteiger partial charge in [-0.1, -0.05) is 0 Å².